The van der Waals surface area contributed by atoms with Crippen LogP contribution in [0, 0.1) is 5.92 Å². The van der Waals surface area contributed by atoms with Crippen molar-refractivity contribution in [3.8, 4) is 0 Å². The summed E-state index contributed by atoms with van der Waals surface area (Å²) in [6.07, 6.45) is 3.08. The summed E-state index contributed by atoms with van der Waals surface area (Å²) in [6.45, 7) is 0. The van der Waals surface area contributed by atoms with Gasteiger partial charge in [0, 0.05) is 0 Å². The van der Waals surface area contributed by atoms with Crippen LogP contribution >= 0.6 is 0 Å². The van der Waals surface area contributed by atoms with Crippen LogP contribution in [-0.2, 0) is 9.53 Å². The molecular weight excluding hydrogens is 144 g/mol. The van der Waals surface area contributed by atoms with E-state index in [1.165, 1.54) is 7.11 Å². The van der Waals surface area contributed by atoms with E-state index in [0.29, 0.717) is 0 Å². The van der Waals surface area contributed by atoms with Crippen molar-refractivity contribution in [2.75, 3.05) is 7.11 Å². The van der Waals surface area contributed by atoms with Crippen LogP contribution in [0.3, 0.4) is 0 Å². The van der Waals surface area contributed by atoms with Gasteiger partial charge in [-0.05, 0) is 12.8 Å². The molecule has 0 spiro atoms. The Labute approximate surface area is 66.4 Å². The van der Waals surface area contributed by atoms with Crippen LogP contribution in [0.5, 0.6) is 0 Å². The highest BCUT2D eigenvalue weighted by Crippen LogP contribution is 2.24. The Morgan fingerprint density at radius 3 is 2.64 bits per heavy atom. The fraction of sp³-hybridized carbons (Fsp3) is 0.875. The summed E-state index contributed by atoms with van der Waals surface area (Å²) in [4.78, 5) is 11.0. The highest BCUT2D eigenvalue weighted by atomic mass is 16.5. The van der Waals surface area contributed by atoms with Gasteiger partial charge >= 0.3 is 5.97 Å². The van der Waals surface area contributed by atoms with Crippen molar-refractivity contribution >= 4 is 5.97 Å². The third-order valence-corrected chi connectivity index (χ3v) is 2.23. The molecule has 1 fully saturated rings. The monoisotopic (exact) mass is 158 g/mol. The van der Waals surface area contributed by atoms with Crippen molar-refractivity contribution in [3.63, 3.8) is 0 Å². The topological polar surface area (TPSA) is 46.5 Å². The van der Waals surface area contributed by atoms with E-state index in [0.717, 1.165) is 25.7 Å². The summed E-state index contributed by atoms with van der Waals surface area (Å²) < 4.78 is 4.56. The average Bonchev–Trinajstić information content (AvgIpc) is 2.04. The molecule has 1 aliphatic carbocycles. The van der Waals surface area contributed by atoms with E-state index in [4.69, 9.17) is 0 Å². The fourth-order valence-corrected chi connectivity index (χ4v) is 1.54. The minimum Gasteiger partial charge on any atom is -0.469 e. The smallest absolute Gasteiger partial charge is 0.311 e. The lowest BCUT2D eigenvalue weighted by Crippen LogP contribution is -2.31. The summed E-state index contributed by atoms with van der Waals surface area (Å²) in [6, 6.07) is 0. The molecule has 0 aromatic carbocycles. The second kappa shape index (κ2) is 3.72. The Bertz CT molecular complexity index is 144. The quantitative estimate of drug-likeness (QED) is 0.572. The van der Waals surface area contributed by atoms with Gasteiger partial charge in [-0.3, -0.25) is 4.79 Å². The second-order valence-electron chi connectivity index (χ2n) is 2.98. The van der Waals surface area contributed by atoms with Crippen LogP contribution in [0.4, 0.5) is 0 Å². The van der Waals surface area contributed by atoms with E-state index in [9.17, 15) is 9.90 Å². The van der Waals surface area contributed by atoms with E-state index in [2.05, 4.69) is 4.74 Å². The van der Waals surface area contributed by atoms with Gasteiger partial charge in [-0.1, -0.05) is 12.8 Å². The third-order valence-electron chi connectivity index (χ3n) is 2.23. The minimum atomic E-state index is -0.476. The first kappa shape index (κ1) is 8.53. The number of carbonyl (C=O) groups excluding carboxylic acids is 1. The van der Waals surface area contributed by atoms with Crippen LogP contribution in [0.25, 0.3) is 0 Å². The van der Waals surface area contributed by atoms with Gasteiger partial charge in [-0.25, -0.2) is 0 Å². The fourth-order valence-electron chi connectivity index (χ4n) is 1.54. The molecule has 2 atom stereocenters. The van der Waals surface area contributed by atoms with E-state index >= 15 is 0 Å². The lowest BCUT2D eigenvalue weighted by Gasteiger charge is -2.24. The Kier molecular flexibility index (Phi) is 2.88. The summed E-state index contributed by atoms with van der Waals surface area (Å²) in [5.41, 5.74) is 0. The predicted molar refractivity (Wildman–Crippen MR) is 40.0 cm³/mol. The molecular formula is C8H14O3. The van der Waals surface area contributed by atoms with Gasteiger partial charge in [-0.2, -0.15) is 0 Å². The zero-order valence-corrected chi connectivity index (χ0v) is 6.75. The number of aliphatic hydroxyl groups is 1. The molecule has 0 saturated heterocycles. The molecule has 64 valence electrons. The van der Waals surface area contributed by atoms with Crippen molar-refractivity contribution in [2.45, 2.75) is 31.8 Å². The Hall–Kier alpha value is -0.570. The molecule has 0 bridgehead atoms. The first-order valence-electron chi connectivity index (χ1n) is 4.01. The molecule has 0 aliphatic heterocycles. The van der Waals surface area contributed by atoms with Gasteiger partial charge in [0.15, 0.2) is 0 Å². The van der Waals surface area contributed by atoms with Crippen LogP contribution in [-0.4, -0.2) is 24.3 Å². The van der Waals surface area contributed by atoms with Gasteiger partial charge in [0.2, 0.25) is 0 Å². The van der Waals surface area contributed by atoms with Gasteiger partial charge in [0.25, 0.3) is 0 Å². The molecule has 1 aliphatic rings. The number of hydrogen-bond donors (Lipinski definition) is 1. The molecule has 0 aromatic heterocycles. The maximum absolute atomic E-state index is 11.0. The Morgan fingerprint density at radius 2 is 2.09 bits per heavy atom. The highest BCUT2D eigenvalue weighted by molar-refractivity contribution is 5.73. The maximum Gasteiger partial charge on any atom is 0.311 e. The molecule has 1 rings (SSSR count). The highest BCUT2D eigenvalue weighted by Gasteiger charge is 2.29. The number of rotatable bonds is 1. The van der Waals surface area contributed by atoms with E-state index < -0.39 is 6.10 Å². The van der Waals surface area contributed by atoms with Gasteiger partial charge < -0.3 is 9.84 Å². The lowest BCUT2D eigenvalue weighted by atomic mass is 9.87. The molecule has 0 aromatic rings. The average molecular weight is 158 g/mol. The van der Waals surface area contributed by atoms with Gasteiger partial charge in [0.05, 0.1) is 19.1 Å². The molecule has 3 heteroatoms. The van der Waals surface area contributed by atoms with Crippen molar-refractivity contribution in [2.24, 2.45) is 5.92 Å². The zero-order valence-electron chi connectivity index (χ0n) is 6.75. The predicted octanol–water partition coefficient (Wildman–Crippen LogP) is 0.710. The maximum atomic E-state index is 11.0. The first-order chi connectivity index (χ1) is 5.25. The Morgan fingerprint density at radius 1 is 1.45 bits per heavy atom. The number of aliphatic hydroxyl groups excluding tert-OH is 1. The molecule has 0 amide bonds. The van der Waals surface area contributed by atoms with E-state index in [-0.39, 0.29) is 11.9 Å². The summed E-state index contributed by atoms with van der Waals surface area (Å²) in [7, 11) is 1.36. The lowest BCUT2D eigenvalue weighted by molar-refractivity contribution is -0.151. The normalized spacial score (nSPS) is 31.5. The van der Waals surface area contributed by atoms with Gasteiger partial charge in [-0.15, -0.1) is 0 Å². The van der Waals surface area contributed by atoms with Crippen LogP contribution in [0.1, 0.15) is 25.7 Å². The minimum absolute atomic E-state index is 0.266. The molecule has 0 unspecified atom stereocenters. The third kappa shape index (κ3) is 1.93. The number of methoxy groups -OCH3 is 1. The largest absolute Gasteiger partial charge is 0.469 e. The standard InChI is InChI=1S/C8H14O3/c1-11-8(10)6-4-2-3-5-7(6)9/h6-7,9H,2-5H2,1H3/t6-,7+/m1/s1. The first-order valence-corrected chi connectivity index (χ1v) is 4.01. The zero-order chi connectivity index (χ0) is 8.27. The van der Waals surface area contributed by atoms with Crippen molar-refractivity contribution in [1.82, 2.24) is 0 Å². The van der Waals surface area contributed by atoms with Crippen molar-refractivity contribution in [3.05, 3.63) is 0 Å². The number of esters is 1. The van der Waals surface area contributed by atoms with Gasteiger partial charge in [0.1, 0.15) is 0 Å². The molecule has 3 nitrogen and oxygen atoms in total. The van der Waals surface area contributed by atoms with Crippen LogP contribution in [0.2, 0.25) is 0 Å². The van der Waals surface area contributed by atoms with Crippen LogP contribution in [0.15, 0.2) is 0 Å². The molecule has 0 heterocycles. The molecule has 11 heavy (non-hydrogen) atoms. The van der Waals surface area contributed by atoms with E-state index in [1.54, 1.807) is 0 Å². The summed E-state index contributed by atoms with van der Waals surface area (Å²) in [5.74, 6) is -0.536. The SMILES string of the molecule is COC(=O)[C@@H]1CCCC[C@@H]1O. The van der Waals surface area contributed by atoms with Crippen LogP contribution < -0.4 is 0 Å². The molecule has 1 N–H and O–H groups in total. The number of ether oxygens (including phenoxy) is 1. The van der Waals surface area contributed by atoms with Crippen molar-refractivity contribution < 1.29 is 14.6 Å². The Balaban J connectivity index is 2.47. The molecule has 0 radical (unpaired) electrons. The van der Waals surface area contributed by atoms with E-state index in [1.807, 2.05) is 0 Å². The number of carbonyl (C=O) groups is 1. The number of hydrogen-bond acceptors (Lipinski definition) is 3. The second-order valence-corrected chi connectivity index (χ2v) is 2.98. The summed E-state index contributed by atoms with van der Waals surface area (Å²) >= 11 is 0. The molecule has 1 saturated carbocycles. The van der Waals surface area contributed by atoms with Crippen molar-refractivity contribution in [1.29, 1.82) is 0 Å². The summed E-state index contributed by atoms with van der Waals surface area (Å²) in [5, 5.41) is 9.37.